The quantitative estimate of drug-likeness (QED) is 0.434. The Kier molecular flexibility index (Phi) is 7.25. The summed E-state index contributed by atoms with van der Waals surface area (Å²) >= 11 is 1.39. The van der Waals surface area contributed by atoms with E-state index >= 15 is 0 Å². The number of rotatable bonds is 8. The zero-order chi connectivity index (χ0) is 15.0. The lowest BCUT2D eigenvalue weighted by Crippen LogP contribution is -2.17. The largest absolute Gasteiger partial charge is 0.494 e. The van der Waals surface area contributed by atoms with E-state index in [4.69, 9.17) is 15.2 Å². The molecule has 0 fully saturated rings. The Morgan fingerprint density at radius 3 is 2.80 bits per heavy atom. The molecule has 1 rings (SSSR count). The Morgan fingerprint density at radius 2 is 2.15 bits per heavy atom. The first-order valence-electron chi connectivity index (χ1n) is 6.55. The van der Waals surface area contributed by atoms with Crippen LogP contribution in [-0.2, 0) is 9.53 Å². The molecule has 0 amide bonds. The normalized spacial score (nSPS) is 11.9. The summed E-state index contributed by atoms with van der Waals surface area (Å²) in [6.45, 7) is 4.55. The highest BCUT2D eigenvalue weighted by Crippen LogP contribution is 2.30. The molecule has 0 aliphatic carbocycles. The van der Waals surface area contributed by atoms with Crippen LogP contribution in [-0.4, -0.2) is 36.1 Å². The van der Waals surface area contributed by atoms with Gasteiger partial charge in [0.1, 0.15) is 5.75 Å². The van der Waals surface area contributed by atoms with Crippen molar-refractivity contribution in [3.05, 3.63) is 18.2 Å². The number of aliphatic hydroxyl groups excluding tert-OH is 1. The predicted octanol–water partition coefficient (Wildman–Crippen LogP) is 2.07. The molecule has 0 heterocycles. The number of carbonyl (C=O) groups excluding carboxylic acids is 1. The molecule has 1 aromatic carbocycles. The summed E-state index contributed by atoms with van der Waals surface area (Å²) in [5, 5.41) is 9.78. The zero-order valence-electron chi connectivity index (χ0n) is 11.8. The summed E-state index contributed by atoms with van der Waals surface area (Å²) in [5.41, 5.74) is 6.50. The van der Waals surface area contributed by atoms with Crippen LogP contribution >= 0.6 is 11.8 Å². The van der Waals surface area contributed by atoms with Gasteiger partial charge in [-0.1, -0.05) is 0 Å². The van der Waals surface area contributed by atoms with Crippen molar-refractivity contribution in [2.45, 2.75) is 31.3 Å². The molecule has 3 N–H and O–H groups in total. The molecule has 6 heteroatoms. The van der Waals surface area contributed by atoms with Gasteiger partial charge in [-0.25, -0.2) is 0 Å². The van der Waals surface area contributed by atoms with Crippen LogP contribution in [0.5, 0.6) is 5.75 Å². The van der Waals surface area contributed by atoms with E-state index in [0.717, 1.165) is 10.6 Å². The van der Waals surface area contributed by atoms with Gasteiger partial charge in [-0.05, 0) is 32.0 Å². The first-order valence-corrected chi connectivity index (χ1v) is 7.54. The smallest absolute Gasteiger partial charge is 0.308 e. The molecule has 20 heavy (non-hydrogen) atoms. The Balaban J connectivity index is 2.51. The number of aliphatic hydroxyl groups is 1. The lowest BCUT2D eigenvalue weighted by atomic mass is 10.3. The van der Waals surface area contributed by atoms with E-state index in [1.165, 1.54) is 11.8 Å². The van der Waals surface area contributed by atoms with E-state index in [9.17, 15) is 9.90 Å². The van der Waals surface area contributed by atoms with Crippen molar-refractivity contribution < 1.29 is 19.4 Å². The van der Waals surface area contributed by atoms with Gasteiger partial charge in [0.2, 0.25) is 0 Å². The third kappa shape index (κ3) is 5.71. The molecule has 5 nitrogen and oxygen atoms in total. The molecular weight excluding hydrogens is 278 g/mol. The molecule has 1 unspecified atom stereocenters. The second-order valence-corrected chi connectivity index (χ2v) is 5.17. The lowest BCUT2D eigenvalue weighted by molar-refractivity contribution is -0.144. The predicted molar refractivity (Wildman–Crippen MR) is 80.0 cm³/mol. The highest BCUT2D eigenvalue weighted by Gasteiger charge is 2.13. The Bertz CT molecular complexity index is 439. The Morgan fingerprint density at radius 1 is 1.40 bits per heavy atom. The fraction of sp³-hybridized carbons (Fsp3) is 0.500. The third-order valence-electron chi connectivity index (χ3n) is 2.43. The summed E-state index contributed by atoms with van der Waals surface area (Å²) in [6, 6.07) is 5.41. The fourth-order valence-corrected chi connectivity index (χ4v) is 2.48. The van der Waals surface area contributed by atoms with Gasteiger partial charge >= 0.3 is 5.97 Å². The van der Waals surface area contributed by atoms with Crippen LogP contribution in [0.15, 0.2) is 23.1 Å². The van der Waals surface area contributed by atoms with E-state index < -0.39 is 12.1 Å². The minimum Gasteiger partial charge on any atom is -0.494 e. The number of ether oxygens (including phenoxy) is 2. The first-order chi connectivity index (χ1) is 9.56. The van der Waals surface area contributed by atoms with Gasteiger partial charge in [-0.2, -0.15) is 0 Å². The lowest BCUT2D eigenvalue weighted by Gasteiger charge is -2.12. The second kappa shape index (κ2) is 8.71. The molecule has 0 saturated carbocycles. The number of thioether (sulfide) groups is 1. The summed E-state index contributed by atoms with van der Waals surface area (Å²) < 4.78 is 10.2. The maximum atomic E-state index is 11.2. The highest BCUT2D eigenvalue weighted by atomic mass is 32.2. The zero-order valence-corrected chi connectivity index (χ0v) is 12.6. The highest BCUT2D eigenvalue weighted by molar-refractivity contribution is 7.99. The number of nitrogens with two attached hydrogens (primary N) is 1. The third-order valence-corrected chi connectivity index (χ3v) is 3.65. The van der Waals surface area contributed by atoms with Crippen LogP contribution in [0.1, 0.15) is 20.3 Å². The molecule has 0 saturated heterocycles. The van der Waals surface area contributed by atoms with E-state index in [1.807, 2.05) is 13.0 Å². The van der Waals surface area contributed by atoms with Gasteiger partial charge < -0.3 is 20.3 Å². The topological polar surface area (TPSA) is 81.8 Å². The number of benzene rings is 1. The van der Waals surface area contributed by atoms with Crippen molar-refractivity contribution in [1.29, 1.82) is 0 Å². The van der Waals surface area contributed by atoms with Crippen LogP contribution in [0.25, 0.3) is 0 Å². The Labute approximate surface area is 123 Å². The number of hydrogen-bond donors (Lipinski definition) is 2. The number of anilines is 1. The molecule has 1 atom stereocenters. The fourth-order valence-electron chi connectivity index (χ4n) is 1.55. The van der Waals surface area contributed by atoms with E-state index in [2.05, 4.69) is 0 Å². The van der Waals surface area contributed by atoms with Crippen LogP contribution < -0.4 is 10.5 Å². The van der Waals surface area contributed by atoms with Gasteiger partial charge in [0, 0.05) is 16.3 Å². The maximum absolute atomic E-state index is 11.2. The standard InChI is InChI=1S/C14H21NO4S/c1-3-18-11-5-6-12(15)13(8-11)20-9-10(16)7-14(17)19-4-2/h5-6,8,10,16H,3-4,7,9,15H2,1-2H3. The van der Waals surface area contributed by atoms with Gasteiger partial charge in [0.25, 0.3) is 0 Å². The maximum Gasteiger partial charge on any atom is 0.308 e. The number of nitrogen functional groups attached to an aromatic ring is 1. The van der Waals surface area contributed by atoms with E-state index in [1.54, 1.807) is 19.1 Å². The number of hydrogen-bond acceptors (Lipinski definition) is 6. The van der Waals surface area contributed by atoms with Crippen molar-refractivity contribution in [3.63, 3.8) is 0 Å². The van der Waals surface area contributed by atoms with E-state index in [-0.39, 0.29) is 6.42 Å². The molecule has 0 bridgehead atoms. The van der Waals surface area contributed by atoms with Crippen molar-refractivity contribution in [2.24, 2.45) is 0 Å². The minimum absolute atomic E-state index is 0.00804. The second-order valence-electron chi connectivity index (χ2n) is 4.11. The monoisotopic (exact) mass is 299 g/mol. The molecule has 0 radical (unpaired) electrons. The SMILES string of the molecule is CCOC(=O)CC(O)CSc1cc(OCC)ccc1N. The molecule has 112 valence electrons. The minimum atomic E-state index is -0.755. The van der Waals surface area contributed by atoms with Gasteiger partial charge in [-0.15, -0.1) is 11.8 Å². The van der Waals surface area contributed by atoms with Crippen molar-refractivity contribution >= 4 is 23.4 Å². The molecular formula is C14H21NO4S. The molecule has 1 aromatic rings. The summed E-state index contributed by atoms with van der Waals surface area (Å²) in [4.78, 5) is 12.1. The molecule has 0 spiro atoms. The van der Waals surface area contributed by atoms with Gasteiger partial charge in [0.15, 0.2) is 0 Å². The van der Waals surface area contributed by atoms with Gasteiger partial charge in [-0.3, -0.25) is 4.79 Å². The van der Waals surface area contributed by atoms with Crippen LogP contribution in [0.3, 0.4) is 0 Å². The summed E-state index contributed by atoms with van der Waals surface area (Å²) in [6.07, 6.45) is -0.763. The molecule has 0 aliphatic heterocycles. The van der Waals surface area contributed by atoms with Crippen LogP contribution in [0.4, 0.5) is 5.69 Å². The molecule has 0 aromatic heterocycles. The average Bonchev–Trinajstić information content (AvgIpc) is 2.40. The van der Waals surface area contributed by atoms with E-state index in [0.29, 0.717) is 24.7 Å². The van der Waals surface area contributed by atoms with Crippen molar-refractivity contribution in [1.82, 2.24) is 0 Å². The van der Waals surface area contributed by atoms with Crippen LogP contribution in [0.2, 0.25) is 0 Å². The van der Waals surface area contributed by atoms with Crippen LogP contribution in [0, 0.1) is 0 Å². The van der Waals surface area contributed by atoms with Crippen molar-refractivity contribution in [2.75, 3.05) is 24.7 Å². The molecule has 0 aliphatic rings. The first kappa shape index (κ1) is 16.7. The Hall–Kier alpha value is -1.40. The van der Waals surface area contributed by atoms with Gasteiger partial charge in [0.05, 0.1) is 25.7 Å². The average molecular weight is 299 g/mol. The number of carbonyl (C=O) groups is 1. The summed E-state index contributed by atoms with van der Waals surface area (Å²) in [7, 11) is 0. The number of esters is 1. The van der Waals surface area contributed by atoms with Crippen molar-refractivity contribution in [3.8, 4) is 5.75 Å². The summed E-state index contributed by atoms with van der Waals surface area (Å²) in [5.74, 6) is 0.721.